The van der Waals surface area contributed by atoms with Crippen molar-refractivity contribution >= 4 is 32.4 Å². The maximum Gasteiger partial charge on any atom is 0.475 e. The topological polar surface area (TPSA) is 84.9 Å². The van der Waals surface area contributed by atoms with Gasteiger partial charge in [-0.25, -0.2) is 4.57 Å². The fraction of sp³-hybridized carbons (Fsp3) is 0.571. The maximum atomic E-state index is 12.5. The Kier molecular flexibility index (Phi) is 12.5. The van der Waals surface area contributed by atoms with Crippen LogP contribution in [-0.2, 0) is 13.6 Å². The molecular formula is C21H34NO5PS. The number of carbonyl (C=O) groups excluding carboxylic acids is 1. The summed E-state index contributed by atoms with van der Waals surface area (Å²) in [5.74, 6) is -0.382. The predicted molar refractivity (Wildman–Crippen MR) is 121 cm³/mol. The molecule has 0 fully saturated rings. The van der Waals surface area contributed by atoms with Gasteiger partial charge in [-0.1, -0.05) is 64.3 Å². The van der Waals surface area contributed by atoms with Crippen LogP contribution in [0.4, 0.5) is 0 Å². The number of benzene rings is 1. The van der Waals surface area contributed by atoms with Gasteiger partial charge in [0.25, 0.3) is 5.91 Å². The molecular weight excluding hydrogens is 409 g/mol. The standard InChI is InChI=1S/C21H34NO5PS/c1-4-7-9-11-19(22-21(23)18-15-13-17(6-3)14-16-18)26-28(24,25)27-20(29)12-10-8-5-2/h6,13-16,19-20,29H,3-5,7-12H2,1-2H3,(H,22,23)(H,24,25). The third-order valence-electron chi connectivity index (χ3n) is 4.34. The highest BCUT2D eigenvalue weighted by molar-refractivity contribution is 7.81. The molecule has 0 spiro atoms. The molecule has 0 heterocycles. The zero-order valence-electron chi connectivity index (χ0n) is 17.4. The van der Waals surface area contributed by atoms with E-state index in [0.717, 1.165) is 44.1 Å². The van der Waals surface area contributed by atoms with Crippen LogP contribution in [0.2, 0.25) is 0 Å². The van der Waals surface area contributed by atoms with Crippen molar-refractivity contribution in [1.82, 2.24) is 5.32 Å². The summed E-state index contributed by atoms with van der Waals surface area (Å²) in [5, 5.41) is 2.69. The number of nitrogens with one attached hydrogen (secondary N) is 1. The zero-order chi connectivity index (χ0) is 21.7. The second-order valence-electron chi connectivity index (χ2n) is 6.91. The normalized spacial score (nSPS) is 15.3. The molecule has 1 aromatic rings. The Hall–Kier alpha value is -1.11. The van der Waals surface area contributed by atoms with Gasteiger partial charge in [0.05, 0.1) is 0 Å². The number of thiol groups is 1. The number of unbranched alkanes of at least 4 members (excludes halogenated alkanes) is 4. The molecule has 1 aromatic carbocycles. The number of hydrogen-bond donors (Lipinski definition) is 3. The molecule has 0 aliphatic carbocycles. The fourth-order valence-electron chi connectivity index (χ4n) is 2.69. The first-order chi connectivity index (χ1) is 13.8. The molecule has 3 unspecified atom stereocenters. The van der Waals surface area contributed by atoms with Crippen LogP contribution in [0.3, 0.4) is 0 Å². The van der Waals surface area contributed by atoms with Crippen molar-refractivity contribution < 1.29 is 23.3 Å². The van der Waals surface area contributed by atoms with E-state index >= 15 is 0 Å². The van der Waals surface area contributed by atoms with E-state index in [-0.39, 0.29) is 5.91 Å². The molecule has 8 heteroatoms. The van der Waals surface area contributed by atoms with Crippen LogP contribution in [-0.4, -0.2) is 22.5 Å². The average molecular weight is 444 g/mol. The summed E-state index contributed by atoms with van der Waals surface area (Å²) in [4.78, 5) is 22.6. The van der Waals surface area contributed by atoms with Gasteiger partial charge >= 0.3 is 7.82 Å². The number of phosphoric acid groups is 1. The van der Waals surface area contributed by atoms with Gasteiger partial charge in [0, 0.05) is 5.56 Å². The van der Waals surface area contributed by atoms with Crippen molar-refractivity contribution in [1.29, 1.82) is 0 Å². The summed E-state index contributed by atoms with van der Waals surface area (Å²) in [6, 6.07) is 6.89. The molecule has 0 bridgehead atoms. The van der Waals surface area contributed by atoms with E-state index in [0.29, 0.717) is 18.4 Å². The zero-order valence-corrected chi connectivity index (χ0v) is 19.2. The van der Waals surface area contributed by atoms with Crippen molar-refractivity contribution in [2.75, 3.05) is 0 Å². The second-order valence-corrected chi connectivity index (χ2v) is 8.85. The van der Waals surface area contributed by atoms with E-state index in [1.807, 2.05) is 0 Å². The lowest BCUT2D eigenvalue weighted by atomic mass is 10.1. The molecule has 0 aliphatic rings. The summed E-state index contributed by atoms with van der Waals surface area (Å²) in [6.07, 6.45) is 7.24. The van der Waals surface area contributed by atoms with E-state index < -0.39 is 19.5 Å². The van der Waals surface area contributed by atoms with Gasteiger partial charge in [-0.15, -0.1) is 12.6 Å². The largest absolute Gasteiger partial charge is 0.475 e. The third-order valence-corrected chi connectivity index (χ3v) is 5.91. The minimum Gasteiger partial charge on any atom is -0.326 e. The molecule has 0 saturated heterocycles. The van der Waals surface area contributed by atoms with E-state index in [1.165, 1.54) is 0 Å². The molecule has 0 radical (unpaired) electrons. The number of hydrogen-bond acceptors (Lipinski definition) is 5. The van der Waals surface area contributed by atoms with Gasteiger partial charge in [-0.2, -0.15) is 0 Å². The summed E-state index contributed by atoms with van der Waals surface area (Å²) in [7, 11) is -4.37. The monoisotopic (exact) mass is 443 g/mol. The Morgan fingerprint density at radius 2 is 1.72 bits per heavy atom. The number of phosphoric ester groups is 1. The summed E-state index contributed by atoms with van der Waals surface area (Å²) >= 11 is 4.22. The Balaban J connectivity index is 2.72. The van der Waals surface area contributed by atoms with Gasteiger partial charge in [0.2, 0.25) is 0 Å². The first kappa shape index (κ1) is 25.9. The molecule has 1 amide bonds. The molecule has 0 saturated carbocycles. The van der Waals surface area contributed by atoms with Gasteiger partial charge in [0.1, 0.15) is 11.7 Å². The van der Waals surface area contributed by atoms with Crippen molar-refractivity contribution in [3.8, 4) is 0 Å². The van der Waals surface area contributed by atoms with Crippen molar-refractivity contribution in [2.45, 2.75) is 76.9 Å². The van der Waals surface area contributed by atoms with Crippen molar-refractivity contribution in [2.24, 2.45) is 0 Å². The average Bonchev–Trinajstić information content (AvgIpc) is 2.67. The number of rotatable bonds is 15. The predicted octanol–water partition coefficient (Wildman–Crippen LogP) is 5.94. The summed E-state index contributed by atoms with van der Waals surface area (Å²) < 4.78 is 22.8. The summed E-state index contributed by atoms with van der Waals surface area (Å²) in [6.45, 7) is 7.81. The van der Waals surface area contributed by atoms with Crippen LogP contribution in [0.1, 0.15) is 81.1 Å². The molecule has 0 aliphatic heterocycles. The lowest BCUT2D eigenvalue weighted by Gasteiger charge is -2.23. The maximum absolute atomic E-state index is 12.5. The molecule has 3 atom stereocenters. The van der Waals surface area contributed by atoms with Crippen LogP contribution < -0.4 is 5.32 Å². The highest BCUT2D eigenvalue weighted by Gasteiger charge is 2.30. The minimum atomic E-state index is -4.37. The van der Waals surface area contributed by atoms with Crippen LogP contribution >= 0.6 is 20.5 Å². The van der Waals surface area contributed by atoms with E-state index in [1.54, 1.807) is 30.3 Å². The SMILES string of the molecule is C=Cc1ccc(C(=O)NC(CCCCC)OP(=O)(O)OC(S)CCCCC)cc1. The Labute approximate surface area is 180 Å². The van der Waals surface area contributed by atoms with Gasteiger partial charge in [-0.05, 0) is 43.4 Å². The Bertz CT molecular complexity index is 668. The van der Waals surface area contributed by atoms with Crippen LogP contribution in [0.5, 0.6) is 0 Å². The van der Waals surface area contributed by atoms with Gasteiger partial charge in [0.15, 0.2) is 0 Å². The number of amides is 1. The first-order valence-corrected chi connectivity index (χ1v) is 12.2. The van der Waals surface area contributed by atoms with Gasteiger partial charge < -0.3 is 10.2 Å². The molecule has 6 nitrogen and oxygen atoms in total. The van der Waals surface area contributed by atoms with Crippen molar-refractivity contribution in [3.05, 3.63) is 42.0 Å². The van der Waals surface area contributed by atoms with Crippen molar-refractivity contribution in [3.63, 3.8) is 0 Å². The lowest BCUT2D eigenvalue weighted by molar-refractivity contribution is 0.0608. The van der Waals surface area contributed by atoms with E-state index in [4.69, 9.17) is 9.05 Å². The highest BCUT2D eigenvalue weighted by Crippen LogP contribution is 2.47. The second kappa shape index (κ2) is 14.0. The van der Waals surface area contributed by atoms with E-state index in [2.05, 4.69) is 38.4 Å². The van der Waals surface area contributed by atoms with Gasteiger partial charge in [-0.3, -0.25) is 13.8 Å². The van der Waals surface area contributed by atoms with Crippen LogP contribution in [0.15, 0.2) is 30.8 Å². The molecule has 164 valence electrons. The molecule has 1 rings (SSSR count). The van der Waals surface area contributed by atoms with Crippen LogP contribution in [0.25, 0.3) is 6.08 Å². The lowest BCUT2D eigenvalue weighted by Crippen LogP contribution is -2.36. The highest BCUT2D eigenvalue weighted by atomic mass is 32.1. The minimum absolute atomic E-state index is 0.382. The van der Waals surface area contributed by atoms with Crippen LogP contribution in [0, 0.1) is 0 Å². The third kappa shape index (κ3) is 11.0. The summed E-state index contributed by atoms with van der Waals surface area (Å²) in [5.41, 5.74) is 0.629. The van der Waals surface area contributed by atoms with E-state index in [9.17, 15) is 14.3 Å². The quantitative estimate of drug-likeness (QED) is 0.135. The number of carbonyl (C=O) groups is 1. The smallest absolute Gasteiger partial charge is 0.326 e. The fourth-order valence-corrected chi connectivity index (χ4v) is 4.17. The molecule has 2 N–H and O–H groups in total. The first-order valence-electron chi connectivity index (χ1n) is 10.2. The Morgan fingerprint density at radius 3 is 2.28 bits per heavy atom. The Morgan fingerprint density at radius 1 is 1.14 bits per heavy atom. The molecule has 0 aromatic heterocycles. The molecule has 29 heavy (non-hydrogen) atoms.